The average Bonchev–Trinajstić information content (AvgIpc) is 2.38. The van der Waals surface area contributed by atoms with E-state index in [1.807, 2.05) is 25.1 Å². The largest absolute Gasteiger partial charge is 0.307 e. The minimum Gasteiger partial charge on any atom is -0.307 e. The Hall–Kier alpha value is -2.34. The molecule has 0 unspecified atom stereocenters. The molecule has 0 aliphatic heterocycles. The van der Waals surface area contributed by atoms with Gasteiger partial charge in [-0.2, -0.15) is 0 Å². The maximum absolute atomic E-state index is 13.2. The fraction of sp³-hybridized carbons (Fsp3) is 0.214. The first-order valence-electron chi connectivity index (χ1n) is 6.12. The predicted octanol–water partition coefficient (Wildman–Crippen LogP) is 2.73. The second-order valence-electron chi connectivity index (χ2n) is 4.45. The van der Waals surface area contributed by atoms with Crippen molar-refractivity contribution in [3.8, 4) is 0 Å². The van der Waals surface area contributed by atoms with Crippen LogP contribution < -0.4 is 5.32 Å². The van der Waals surface area contributed by atoms with Crippen molar-refractivity contribution in [1.29, 1.82) is 0 Å². The molecule has 1 heterocycles. The smallest absolute Gasteiger partial charge is 0.272 e. The first-order valence-corrected chi connectivity index (χ1v) is 6.12. The van der Waals surface area contributed by atoms with E-state index >= 15 is 0 Å². The number of hydrogen-bond acceptors (Lipinski definition) is 4. The van der Waals surface area contributed by atoms with Crippen molar-refractivity contribution in [3.05, 3.63) is 69.3 Å². The van der Waals surface area contributed by atoms with Crippen LogP contribution in [-0.2, 0) is 13.1 Å². The fourth-order valence-electron chi connectivity index (χ4n) is 1.87. The SMILES string of the molecule is Cc1cccc(CNCc2cc(F)cc([N+](=O)[O-])c2)n1. The Bertz CT molecular complexity index is 632. The first kappa shape index (κ1) is 14.1. The van der Waals surface area contributed by atoms with Crippen LogP contribution in [0.5, 0.6) is 0 Å². The van der Waals surface area contributed by atoms with E-state index in [1.165, 1.54) is 12.1 Å². The number of pyridine rings is 1. The number of benzene rings is 1. The molecule has 1 N–H and O–H groups in total. The zero-order valence-corrected chi connectivity index (χ0v) is 11.0. The number of nitro groups is 1. The monoisotopic (exact) mass is 275 g/mol. The molecule has 1 aromatic carbocycles. The van der Waals surface area contributed by atoms with Gasteiger partial charge in [-0.3, -0.25) is 15.1 Å². The minimum absolute atomic E-state index is 0.240. The summed E-state index contributed by atoms with van der Waals surface area (Å²) in [6.07, 6.45) is 0. The van der Waals surface area contributed by atoms with E-state index in [0.717, 1.165) is 17.5 Å². The lowest BCUT2D eigenvalue weighted by molar-refractivity contribution is -0.385. The lowest BCUT2D eigenvalue weighted by Crippen LogP contribution is -2.14. The molecule has 1 aromatic heterocycles. The van der Waals surface area contributed by atoms with Gasteiger partial charge in [-0.05, 0) is 30.7 Å². The highest BCUT2D eigenvalue weighted by Gasteiger charge is 2.09. The Balaban J connectivity index is 1.99. The van der Waals surface area contributed by atoms with Gasteiger partial charge in [-0.25, -0.2) is 4.39 Å². The Labute approximate surface area is 115 Å². The van der Waals surface area contributed by atoms with Crippen LogP contribution in [0.1, 0.15) is 17.0 Å². The quantitative estimate of drug-likeness (QED) is 0.673. The van der Waals surface area contributed by atoms with Crippen LogP contribution in [-0.4, -0.2) is 9.91 Å². The number of halogens is 1. The standard InChI is InChI=1S/C14H14FN3O2/c1-10-3-2-4-13(17-10)9-16-8-11-5-12(15)7-14(6-11)18(19)20/h2-7,16H,8-9H2,1H3. The molecule has 0 atom stereocenters. The van der Waals surface area contributed by atoms with Crippen molar-refractivity contribution in [1.82, 2.24) is 10.3 Å². The van der Waals surface area contributed by atoms with Crippen LogP contribution >= 0.6 is 0 Å². The summed E-state index contributed by atoms with van der Waals surface area (Å²) in [6, 6.07) is 9.24. The van der Waals surface area contributed by atoms with E-state index in [0.29, 0.717) is 18.7 Å². The molecule has 0 aliphatic rings. The van der Waals surface area contributed by atoms with Crippen LogP contribution in [0.15, 0.2) is 36.4 Å². The second kappa shape index (κ2) is 6.21. The molecule has 0 fully saturated rings. The molecule has 20 heavy (non-hydrogen) atoms. The first-order chi connectivity index (χ1) is 9.54. The molecule has 0 amide bonds. The van der Waals surface area contributed by atoms with Crippen LogP contribution in [0.2, 0.25) is 0 Å². The van der Waals surface area contributed by atoms with Gasteiger partial charge in [0.1, 0.15) is 5.82 Å². The van der Waals surface area contributed by atoms with Gasteiger partial charge in [0.2, 0.25) is 0 Å². The maximum Gasteiger partial charge on any atom is 0.272 e. The predicted molar refractivity (Wildman–Crippen MR) is 72.6 cm³/mol. The topological polar surface area (TPSA) is 68.1 Å². The van der Waals surface area contributed by atoms with E-state index in [1.54, 1.807) is 0 Å². The van der Waals surface area contributed by atoms with Gasteiger partial charge in [0.25, 0.3) is 5.69 Å². The number of aromatic nitrogens is 1. The number of rotatable bonds is 5. The number of nitrogens with one attached hydrogen (secondary N) is 1. The van der Waals surface area contributed by atoms with Crippen molar-refractivity contribution < 1.29 is 9.31 Å². The van der Waals surface area contributed by atoms with Gasteiger partial charge in [0, 0.05) is 24.8 Å². The Kier molecular flexibility index (Phi) is 4.37. The normalized spacial score (nSPS) is 10.5. The van der Waals surface area contributed by atoms with Gasteiger partial charge >= 0.3 is 0 Å². The summed E-state index contributed by atoms with van der Waals surface area (Å²) in [4.78, 5) is 14.4. The second-order valence-corrected chi connectivity index (χ2v) is 4.45. The molecule has 0 bridgehead atoms. The summed E-state index contributed by atoms with van der Waals surface area (Å²) < 4.78 is 13.2. The summed E-state index contributed by atoms with van der Waals surface area (Å²) in [5, 5.41) is 13.7. The van der Waals surface area contributed by atoms with Crippen molar-refractivity contribution in [3.63, 3.8) is 0 Å². The number of aryl methyl sites for hydroxylation is 1. The van der Waals surface area contributed by atoms with Gasteiger partial charge in [0.15, 0.2) is 0 Å². The molecule has 2 rings (SSSR count). The van der Waals surface area contributed by atoms with E-state index in [2.05, 4.69) is 10.3 Å². The van der Waals surface area contributed by atoms with Crippen LogP contribution in [0.25, 0.3) is 0 Å². The van der Waals surface area contributed by atoms with E-state index in [4.69, 9.17) is 0 Å². The summed E-state index contributed by atoms with van der Waals surface area (Å²) in [7, 11) is 0. The molecule has 0 spiro atoms. The summed E-state index contributed by atoms with van der Waals surface area (Å²) in [5.74, 6) is -0.607. The third kappa shape index (κ3) is 3.83. The lowest BCUT2D eigenvalue weighted by Gasteiger charge is -2.05. The van der Waals surface area contributed by atoms with E-state index in [9.17, 15) is 14.5 Å². The summed E-state index contributed by atoms with van der Waals surface area (Å²) in [6.45, 7) is 2.76. The number of hydrogen-bond donors (Lipinski definition) is 1. The molecular weight excluding hydrogens is 261 g/mol. The minimum atomic E-state index is -0.607. The zero-order valence-electron chi connectivity index (χ0n) is 11.0. The summed E-state index contributed by atoms with van der Waals surface area (Å²) in [5.41, 5.74) is 2.08. The summed E-state index contributed by atoms with van der Waals surface area (Å²) >= 11 is 0. The molecule has 0 radical (unpaired) electrons. The molecule has 6 heteroatoms. The molecule has 0 saturated carbocycles. The van der Waals surface area contributed by atoms with E-state index < -0.39 is 10.7 Å². The van der Waals surface area contributed by atoms with Crippen molar-refractivity contribution in [2.24, 2.45) is 0 Å². The Morgan fingerprint density at radius 3 is 2.80 bits per heavy atom. The molecule has 104 valence electrons. The van der Waals surface area contributed by atoms with Crippen molar-refractivity contribution in [2.75, 3.05) is 0 Å². The zero-order chi connectivity index (χ0) is 14.5. The van der Waals surface area contributed by atoms with Gasteiger partial charge in [-0.15, -0.1) is 0 Å². The third-order valence-electron chi connectivity index (χ3n) is 2.73. The lowest BCUT2D eigenvalue weighted by atomic mass is 10.2. The van der Waals surface area contributed by atoms with Gasteiger partial charge in [-0.1, -0.05) is 6.07 Å². The number of non-ortho nitro benzene ring substituents is 1. The Morgan fingerprint density at radius 1 is 1.30 bits per heavy atom. The molecule has 0 aliphatic carbocycles. The fourth-order valence-corrected chi connectivity index (χ4v) is 1.87. The Morgan fingerprint density at radius 2 is 2.10 bits per heavy atom. The van der Waals surface area contributed by atoms with Gasteiger partial charge < -0.3 is 5.32 Å². The molecule has 2 aromatic rings. The van der Waals surface area contributed by atoms with Crippen LogP contribution in [0.3, 0.4) is 0 Å². The highest BCUT2D eigenvalue weighted by molar-refractivity contribution is 5.35. The van der Waals surface area contributed by atoms with Crippen molar-refractivity contribution in [2.45, 2.75) is 20.0 Å². The molecule has 5 nitrogen and oxygen atoms in total. The van der Waals surface area contributed by atoms with Crippen LogP contribution in [0, 0.1) is 22.9 Å². The number of nitrogens with zero attached hydrogens (tertiary/aromatic N) is 2. The third-order valence-corrected chi connectivity index (χ3v) is 2.73. The highest BCUT2D eigenvalue weighted by atomic mass is 19.1. The average molecular weight is 275 g/mol. The highest BCUT2D eigenvalue weighted by Crippen LogP contribution is 2.16. The number of nitro benzene ring substituents is 1. The van der Waals surface area contributed by atoms with Crippen molar-refractivity contribution >= 4 is 5.69 Å². The van der Waals surface area contributed by atoms with Crippen LogP contribution in [0.4, 0.5) is 10.1 Å². The van der Waals surface area contributed by atoms with E-state index in [-0.39, 0.29) is 5.69 Å². The van der Waals surface area contributed by atoms with Gasteiger partial charge in [0.05, 0.1) is 16.7 Å². The molecular formula is C14H14FN3O2. The maximum atomic E-state index is 13.2. The molecule has 0 saturated heterocycles.